The summed E-state index contributed by atoms with van der Waals surface area (Å²) >= 11 is 1.72. The number of fused-ring (bicyclic) bond motifs is 9. The molecule has 0 fully saturated rings. The lowest BCUT2D eigenvalue weighted by molar-refractivity contribution is 1.14. The number of thiophene rings is 1. The minimum absolute atomic E-state index is 0.871. The number of benzene rings is 6. The molecule has 0 unspecified atom stereocenters. The van der Waals surface area contributed by atoms with E-state index in [2.05, 4.69) is 184 Å². The van der Waals surface area contributed by atoms with Crippen molar-refractivity contribution in [3.8, 4) is 56.3 Å². The molecule has 0 aliphatic rings. The predicted molar refractivity (Wildman–Crippen MR) is 261 cm³/mol. The smallest absolute Gasteiger partial charge is 0.108 e. The van der Waals surface area contributed by atoms with Crippen LogP contribution in [0, 0.1) is 0 Å². The fraction of sp³-hybridized carbons (Fsp3) is 0. The topological polar surface area (TPSA) is 61.4 Å². The van der Waals surface area contributed by atoms with Crippen LogP contribution in [0.25, 0.3) is 120 Å². The molecule has 0 amide bonds. The van der Waals surface area contributed by atoms with Gasteiger partial charge in [0.15, 0.2) is 0 Å². The fourth-order valence-corrected chi connectivity index (χ4v) is 10.3. The summed E-state index contributed by atoms with van der Waals surface area (Å²) in [4.78, 5) is 19.8. The Hall–Kier alpha value is -8.26. The number of para-hydroxylation sites is 2. The van der Waals surface area contributed by atoms with Crippen LogP contribution in [-0.2, 0) is 0 Å². The summed E-state index contributed by atoms with van der Waals surface area (Å²) in [5.41, 5.74) is 16.6. The Morgan fingerprint density at radius 1 is 0.349 bits per heavy atom. The van der Waals surface area contributed by atoms with Gasteiger partial charge in [-0.15, -0.1) is 11.3 Å². The van der Waals surface area contributed by atoms with Crippen molar-refractivity contribution < 1.29 is 0 Å². The third kappa shape index (κ3) is 5.78. The van der Waals surface area contributed by atoms with Gasteiger partial charge in [-0.05, 0) is 83.9 Å². The Balaban J connectivity index is 0.961. The van der Waals surface area contributed by atoms with E-state index in [0.29, 0.717) is 0 Å². The lowest BCUT2D eigenvalue weighted by Gasteiger charge is -2.13. The second-order valence-electron chi connectivity index (χ2n) is 15.9. The summed E-state index contributed by atoms with van der Waals surface area (Å²) in [7, 11) is 0. The molecule has 7 heteroatoms. The molecule has 294 valence electrons. The van der Waals surface area contributed by atoms with Crippen molar-refractivity contribution in [2.24, 2.45) is 0 Å². The van der Waals surface area contributed by atoms with Crippen LogP contribution in [0.5, 0.6) is 0 Å². The first kappa shape index (κ1) is 35.5. The quantitative estimate of drug-likeness (QED) is 0.168. The molecule has 0 N–H and O–H groups in total. The molecule has 0 bridgehead atoms. The molecular weight excluding hydrogens is 789 g/mol. The lowest BCUT2D eigenvalue weighted by Crippen LogP contribution is -1.98. The van der Waals surface area contributed by atoms with E-state index >= 15 is 0 Å². The number of pyridine rings is 4. The molecule has 7 heterocycles. The van der Waals surface area contributed by atoms with E-state index < -0.39 is 0 Å². The zero-order valence-corrected chi connectivity index (χ0v) is 34.5. The molecular formula is C56H34N6S. The van der Waals surface area contributed by atoms with Crippen molar-refractivity contribution in [1.29, 1.82) is 0 Å². The molecule has 0 saturated heterocycles. The largest absolute Gasteiger partial charge is 0.309 e. The molecule has 7 aromatic heterocycles. The molecule has 6 nitrogen and oxygen atoms in total. The van der Waals surface area contributed by atoms with Crippen LogP contribution in [0.1, 0.15) is 0 Å². The molecule has 0 saturated carbocycles. The standard InChI is InChI=1S/C56H34N6S/c1-3-12-35(13-4-1)47-31-40(32-48(59-47)36-14-5-2-6-15-36)61-50-19-10-8-17-43(50)45-29-37(22-25-51(45)61)38-21-23-44-42-16-7-9-18-49(42)62(52(44)30-38)41-28-39(33-57-34-41)46-24-26-54-56(60-46)55-53(63-54)20-11-27-58-55/h1-34H. The van der Waals surface area contributed by atoms with E-state index in [9.17, 15) is 0 Å². The second-order valence-corrected chi connectivity index (χ2v) is 17.0. The van der Waals surface area contributed by atoms with E-state index in [1.54, 1.807) is 11.3 Å². The summed E-state index contributed by atoms with van der Waals surface area (Å²) in [6.45, 7) is 0. The fourth-order valence-electron chi connectivity index (χ4n) is 9.34. The van der Waals surface area contributed by atoms with E-state index in [1.165, 1.54) is 21.5 Å². The van der Waals surface area contributed by atoms with Crippen LogP contribution in [0.15, 0.2) is 207 Å². The van der Waals surface area contributed by atoms with Gasteiger partial charge >= 0.3 is 0 Å². The highest BCUT2D eigenvalue weighted by Gasteiger charge is 2.19. The zero-order chi connectivity index (χ0) is 41.4. The SMILES string of the molecule is c1ccc(-c2cc(-n3c4ccccc4c4cc(-c5ccc6c7ccccc7n(-c7cncc(-c8ccc9sc%10cccnc%10c9n8)c7)c6c5)ccc43)cc(-c3ccccc3)n2)cc1. The molecule has 0 atom stereocenters. The van der Waals surface area contributed by atoms with Crippen LogP contribution >= 0.6 is 11.3 Å². The third-order valence-corrected chi connectivity index (χ3v) is 13.3. The molecule has 6 aromatic carbocycles. The highest BCUT2D eigenvalue weighted by Crippen LogP contribution is 2.40. The molecule has 0 spiro atoms. The summed E-state index contributed by atoms with van der Waals surface area (Å²) in [5, 5.41) is 4.78. The van der Waals surface area contributed by atoms with E-state index in [4.69, 9.17) is 15.0 Å². The van der Waals surface area contributed by atoms with E-state index in [-0.39, 0.29) is 0 Å². The predicted octanol–water partition coefficient (Wildman–Crippen LogP) is 14.5. The monoisotopic (exact) mass is 822 g/mol. The van der Waals surface area contributed by atoms with Crippen molar-refractivity contribution in [3.63, 3.8) is 0 Å². The Morgan fingerprint density at radius 3 is 1.73 bits per heavy atom. The average Bonchev–Trinajstić information content (AvgIpc) is 4.01. The minimum atomic E-state index is 0.871. The van der Waals surface area contributed by atoms with Crippen molar-refractivity contribution in [2.45, 2.75) is 0 Å². The number of hydrogen-bond donors (Lipinski definition) is 0. The van der Waals surface area contributed by atoms with Crippen molar-refractivity contribution in [2.75, 3.05) is 0 Å². The average molecular weight is 823 g/mol. The first-order valence-corrected chi connectivity index (χ1v) is 21.8. The molecule has 13 aromatic rings. The summed E-state index contributed by atoms with van der Waals surface area (Å²) in [6.07, 6.45) is 5.69. The van der Waals surface area contributed by atoms with Gasteiger partial charge in [-0.1, -0.05) is 115 Å². The molecule has 0 radical (unpaired) electrons. The van der Waals surface area contributed by atoms with Crippen LogP contribution in [-0.4, -0.2) is 29.1 Å². The van der Waals surface area contributed by atoms with Gasteiger partial charge in [0.2, 0.25) is 0 Å². The highest BCUT2D eigenvalue weighted by molar-refractivity contribution is 7.25. The molecule has 0 aliphatic carbocycles. The number of hydrogen-bond acceptors (Lipinski definition) is 5. The van der Waals surface area contributed by atoms with Crippen LogP contribution in [0.3, 0.4) is 0 Å². The Labute approximate surface area is 365 Å². The zero-order valence-electron chi connectivity index (χ0n) is 33.7. The minimum Gasteiger partial charge on any atom is -0.309 e. The molecule has 63 heavy (non-hydrogen) atoms. The van der Waals surface area contributed by atoms with Crippen LogP contribution in [0.4, 0.5) is 0 Å². The second kappa shape index (κ2) is 14.2. The number of rotatable bonds is 6. The van der Waals surface area contributed by atoms with Crippen molar-refractivity contribution >= 4 is 75.4 Å². The summed E-state index contributed by atoms with van der Waals surface area (Å²) < 4.78 is 6.99. The highest BCUT2D eigenvalue weighted by atomic mass is 32.1. The lowest BCUT2D eigenvalue weighted by atomic mass is 10.0. The van der Waals surface area contributed by atoms with Crippen molar-refractivity contribution in [1.82, 2.24) is 29.1 Å². The van der Waals surface area contributed by atoms with Gasteiger partial charge in [0.1, 0.15) is 11.0 Å². The van der Waals surface area contributed by atoms with Crippen molar-refractivity contribution in [3.05, 3.63) is 207 Å². The van der Waals surface area contributed by atoms with Gasteiger partial charge < -0.3 is 9.13 Å². The van der Waals surface area contributed by atoms with Crippen LogP contribution < -0.4 is 0 Å². The molecule has 0 aliphatic heterocycles. The molecule has 13 rings (SSSR count). The van der Waals surface area contributed by atoms with Gasteiger partial charge in [0, 0.05) is 50.6 Å². The van der Waals surface area contributed by atoms with Crippen LogP contribution in [0.2, 0.25) is 0 Å². The van der Waals surface area contributed by atoms with Gasteiger partial charge in [-0.25, -0.2) is 9.97 Å². The Kier molecular flexibility index (Phi) is 7.98. The maximum atomic E-state index is 5.18. The third-order valence-electron chi connectivity index (χ3n) is 12.2. The maximum absolute atomic E-state index is 5.18. The summed E-state index contributed by atoms with van der Waals surface area (Å²) in [6, 6.07) is 67.0. The normalized spacial score (nSPS) is 11.8. The van der Waals surface area contributed by atoms with Gasteiger partial charge in [0.25, 0.3) is 0 Å². The van der Waals surface area contributed by atoms with Gasteiger partial charge in [-0.3, -0.25) is 9.97 Å². The van der Waals surface area contributed by atoms with Gasteiger partial charge in [0.05, 0.1) is 66.1 Å². The Bertz CT molecular complexity index is 3860. The first-order valence-electron chi connectivity index (χ1n) is 21.0. The first-order chi connectivity index (χ1) is 31.2. The van der Waals surface area contributed by atoms with E-state index in [1.807, 2.05) is 36.8 Å². The number of nitrogens with zero attached hydrogens (tertiary/aromatic N) is 6. The maximum Gasteiger partial charge on any atom is 0.108 e. The summed E-state index contributed by atoms with van der Waals surface area (Å²) in [5.74, 6) is 0. The van der Waals surface area contributed by atoms with Gasteiger partial charge in [-0.2, -0.15) is 0 Å². The van der Waals surface area contributed by atoms with E-state index in [0.717, 1.165) is 98.8 Å². The number of aromatic nitrogens is 6. The Morgan fingerprint density at radius 2 is 0.968 bits per heavy atom.